The molecule has 18 heavy (non-hydrogen) atoms. The van der Waals surface area contributed by atoms with Gasteiger partial charge >= 0.3 is 0 Å². The number of aryl methyl sites for hydroxylation is 2. The highest BCUT2D eigenvalue weighted by Gasteiger charge is 2.14. The van der Waals surface area contributed by atoms with Crippen molar-refractivity contribution in [2.75, 3.05) is 13.7 Å². The standard InChI is InChI=1S/C16H24O2/c1-12(11-18-2)8-16(17)10-13-6-7-14-4-3-5-15(14)9-13/h6-7,9,12,16-17H,3-5,8,10-11H2,1-2H3. The van der Waals surface area contributed by atoms with Gasteiger partial charge in [0.2, 0.25) is 0 Å². The summed E-state index contributed by atoms with van der Waals surface area (Å²) < 4.78 is 5.10. The van der Waals surface area contributed by atoms with Crippen molar-refractivity contribution in [2.24, 2.45) is 5.92 Å². The van der Waals surface area contributed by atoms with Gasteiger partial charge in [-0.2, -0.15) is 0 Å². The van der Waals surface area contributed by atoms with Crippen LogP contribution < -0.4 is 0 Å². The van der Waals surface area contributed by atoms with Gasteiger partial charge in [0.15, 0.2) is 0 Å². The minimum absolute atomic E-state index is 0.255. The van der Waals surface area contributed by atoms with Gasteiger partial charge in [0, 0.05) is 13.7 Å². The molecule has 0 heterocycles. The first kappa shape index (κ1) is 13.6. The Labute approximate surface area is 110 Å². The normalized spacial score (nSPS) is 17.5. The van der Waals surface area contributed by atoms with Crippen molar-refractivity contribution in [3.05, 3.63) is 34.9 Å². The van der Waals surface area contributed by atoms with Crippen molar-refractivity contribution in [3.63, 3.8) is 0 Å². The topological polar surface area (TPSA) is 29.5 Å². The Morgan fingerprint density at radius 2 is 2.06 bits per heavy atom. The first-order chi connectivity index (χ1) is 8.69. The van der Waals surface area contributed by atoms with Crippen molar-refractivity contribution >= 4 is 0 Å². The number of hydrogen-bond acceptors (Lipinski definition) is 2. The number of rotatable bonds is 6. The summed E-state index contributed by atoms with van der Waals surface area (Å²) in [5.41, 5.74) is 4.26. The van der Waals surface area contributed by atoms with Crippen LogP contribution in [0.15, 0.2) is 18.2 Å². The largest absolute Gasteiger partial charge is 0.393 e. The Kier molecular flexibility index (Phi) is 4.79. The Bertz CT molecular complexity index is 387. The predicted molar refractivity (Wildman–Crippen MR) is 73.8 cm³/mol. The second-order valence-electron chi connectivity index (χ2n) is 5.61. The van der Waals surface area contributed by atoms with Crippen LogP contribution in [0.25, 0.3) is 0 Å². The molecule has 1 aliphatic carbocycles. The lowest BCUT2D eigenvalue weighted by molar-refractivity contribution is 0.102. The van der Waals surface area contributed by atoms with E-state index in [9.17, 15) is 5.11 Å². The van der Waals surface area contributed by atoms with E-state index in [0.29, 0.717) is 5.92 Å². The third-order valence-electron chi connectivity index (χ3n) is 3.76. The van der Waals surface area contributed by atoms with Gasteiger partial charge in [-0.1, -0.05) is 25.1 Å². The maximum Gasteiger partial charge on any atom is 0.0584 e. The van der Waals surface area contributed by atoms with Gasteiger partial charge in [0.25, 0.3) is 0 Å². The van der Waals surface area contributed by atoms with Crippen LogP contribution in [0.5, 0.6) is 0 Å². The molecule has 0 saturated carbocycles. The van der Waals surface area contributed by atoms with Crippen LogP contribution in [0.4, 0.5) is 0 Å². The SMILES string of the molecule is COCC(C)CC(O)Cc1ccc2c(c1)CCC2. The van der Waals surface area contributed by atoms with Crippen molar-refractivity contribution in [1.82, 2.24) is 0 Å². The van der Waals surface area contributed by atoms with Crippen LogP contribution in [0.3, 0.4) is 0 Å². The number of aliphatic hydroxyl groups excluding tert-OH is 1. The summed E-state index contributed by atoms with van der Waals surface area (Å²) in [6.07, 6.45) is 5.04. The van der Waals surface area contributed by atoms with E-state index < -0.39 is 0 Å². The average molecular weight is 248 g/mol. The lowest BCUT2D eigenvalue weighted by Gasteiger charge is -2.16. The van der Waals surface area contributed by atoms with Crippen LogP contribution in [-0.2, 0) is 24.0 Å². The first-order valence-corrected chi connectivity index (χ1v) is 6.96. The summed E-state index contributed by atoms with van der Waals surface area (Å²) in [7, 11) is 1.71. The summed E-state index contributed by atoms with van der Waals surface area (Å²) in [5, 5.41) is 10.1. The third kappa shape index (κ3) is 3.56. The quantitative estimate of drug-likeness (QED) is 0.839. The molecule has 2 atom stereocenters. The first-order valence-electron chi connectivity index (χ1n) is 6.96. The molecule has 2 rings (SSSR count). The molecule has 1 aliphatic rings. The fraction of sp³-hybridized carbons (Fsp3) is 0.625. The molecular formula is C16H24O2. The highest BCUT2D eigenvalue weighted by atomic mass is 16.5. The summed E-state index contributed by atoms with van der Waals surface area (Å²) in [5.74, 6) is 0.416. The summed E-state index contributed by atoms with van der Waals surface area (Å²) in [4.78, 5) is 0. The van der Waals surface area contributed by atoms with E-state index in [2.05, 4.69) is 25.1 Å². The minimum atomic E-state index is -0.255. The zero-order valence-corrected chi connectivity index (χ0v) is 11.5. The number of methoxy groups -OCH3 is 1. The van der Waals surface area contributed by atoms with E-state index >= 15 is 0 Å². The van der Waals surface area contributed by atoms with Gasteiger partial charge in [-0.3, -0.25) is 0 Å². The smallest absolute Gasteiger partial charge is 0.0584 e. The number of hydrogen-bond donors (Lipinski definition) is 1. The van der Waals surface area contributed by atoms with Crippen LogP contribution in [-0.4, -0.2) is 24.9 Å². The molecule has 2 unspecified atom stereocenters. The molecule has 0 aliphatic heterocycles. The molecule has 1 aromatic carbocycles. The fourth-order valence-corrected chi connectivity index (χ4v) is 2.92. The predicted octanol–water partition coefficient (Wildman–Crippen LogP) is 2.75. The second-order valence-corrected chi connectivity index (χ2v) is 5.61. The van der Waals surface area contributed by atoms with Gasteiger partial charge in [-0.15, -0.1) is 0 Å². The molecule has 2 nitrogen and oxygen atoms in total. The maximum atomic E-state index is 10.1. The molecule has 0 radical (unpaired) electrons. The van der Waals surface area contributed by atoms with Crippen molar-refractivity contribution in [1.29, 1.82) is 0 Å². The van der Waals surface area contributed by atoms with E-state index in [0.717, 1.165) is 19.4 Å². The number of benzene rings is 1. The Morgan fingerprint density at radius 1 is 1.28 bits per heavy atom. The summed E-state index contributed by atoms with van der Waals surface area (Å²) in [6.45, 7) is 2.84. The van der Waals surface area contributed by atoms with Crippen molar-refractivity contribution in [3.8, 4) is 0 Å². The van der Waals surface area contributed by atoms with Gasteiger partial charge in [-0.05, 0) is 54.7 Å². The monoisotopic (exact) mass is 248 g/mol. The van der Waals surface area contributed by atoms with Gasteiger partial charge < -0.3 is 9.84 Å². The molecule has 0 amide bonds. The minimum Gasteiger partial charge on any atom is -0.393 e. The molecule has 0 spiro atoms. The summed E-state index contributed by atoms with van der Waals surface area (Å²) in [6, 6.07) is 6.70. The highest BCUT2D eigenvalue weighted by molar-refractivity contribution is 5.35. The van der Waals surface area contributed by atoms with E-state index in [4.69, 9.17) is 4.74 Å². The van der Waals surface area contributed by atoms with Crippen LogP contribution >= 0.6 is 0 Å². The van der Waals surface area contributed by atoms with E-state index in [1.807, 2.05) is 0 Å². The highest BCUT2D eigenvalue weighted by Crippen LogP contribution is 2.23. The van der Waals surface area contributed by atoms with Gasteiger partial charge in [-0.25, -0.2) is 0 Å². The van der Waals surface area contributed by atoms with E-state index in [1.54, 1.807) is 7.11 Å². The second kappa shape index (κ2) is 6.35. The molecule has 100 valence electrons. The summed E-state index contributed by atoms with van der Waals surface area (Å²) >= 11 is 0. The molecule has 0 aromatic heterocycles. The maximum absolute atomic E-state index is 10.1. The van der Waals surface area contributed by atoms with E-state index in [-0.39, 0.29) is 6.10 Å². The zero-order valence-electron chi connectivity index (χ0n) is 11.5. The average Bonchev–Trinajstić information content (AvgIpc) is 2.76. The number of fused-ring (bicyclic) bond motifs is 1. The van der Waals surface area contributed by atoms with Crippen LogP contribution in [0, 0.1) is 5.92 Å². The van der Waals surface area contributed by atoms with Crippen LogP contribution in [0.2, 0.25) is 0 Å². The Morgan fingerprint density at radius 3 is 2.83 bits per heavy atom. The molecule has 0 fully saturated rings. The Hall–Kier alpha value is -0.860. The lowest BCUT2D eigenvalue weighted by Crippen LogP contribution is -2.17. The number of ether oxygens (including phenoxy) is 1. The Balaban J connectivity index is 1.89. The third-order valence-corrected chi connectivity index (χ3v) is 3.76. The van der Waals surface area contributed by atoms with Crippen molar-refractivity contribution < 1.29 is 9.84 Å². The molecule has 0 bridgehead atoms. The zero-order chi connectivity index (χ0) is 13.0. The molecule has 1 aromatic rings. The molecular weight excluding hydrogens is 224 g/mol. The fourth-order valence-electron chi connectivity index (χ4n) is 2.92. The molecule has 2 heteroatoms. The molecule has 1 N–H and O–H groups in total. The van der Waals surface area contributed by atoms with Crippen molar-refractivity contribution in [2.45, 2.75) is 45.1 Å². The van der Waals surface area contributed by atoms with E-state index in [1.165, 1.54) is 36.0 Å². The van der Waals surface area contributed by atoms with Gasteiger partial charge in [0.05, 0.1) is 6.10 Å². The van der Waals surface area contributed by atoms with Crippen LogP contribution in [0.1, 0.15) is 36.5 Å². The van der Waals surface area contributed by atoms with Gasteiger partial charge in [0.1, 0.15) is 0 Å². The lowest BCUT2D eigenvalue weighted by atomic mass is 9.97. The number of aliphatic hydroxyl groups is 1. The molecule has 0 saturated heterocycles.